The SMILES string of the molecule is Cn1ccnc1Nc1ccc(I)cc1Cl. The second-order valence-electron chi connectivity index (χ2n) is 3.11. The maximum Gasteiger partial charge on any atom is 0.207 e. The predicted octanol–water partition coefficient (Wildman–Crippen LogP) is 3.42. The normalized spacial score (nSPS) is 10.3. The fraction of sp³-hybridized carbons (Fsp3) is 0.100. The zero-order valence-corrected chi connectivity index (χ0v) is 11.0. The van der Waals surface area contributed by atoms with Crippen molar-refractivity contribution in [2.75, 3.05) is 5.32 Å². The molecule has 0 atom stereocenters. The Balaban J connectivity index is 2.29. The monoisotopic (exact) mass is 333 g/mol. The van der Waals surface area contributed by atoms with Gasteiger partial charge in [-0.05, 0) is 40.8 Å². The lowest BCUT2D eigenvalue weighted by atomic mass is 10.3. The minimum Gasteiger partial charge on any atom is -0.324 e. The summed E-state index contributed by atoms with van der Waals surface area (Å²) in [7, 11) is 1.93. The van der Waals surface area contributed by atoms with Crippen molar-refractivity contribution >= 4 is 45.8 Å². The van der Waals surface area contributed by atoms with E-state index in [1.165, 1.54) is 0 Å². The van der Waals surface area contributed by atoms with Crippen LogP contribution in [-0.2, 0) is 7.05 Å². The van der Waals surface area contributed by atoms with Crippen molar-refractivity contribution in [2.24, 2.45) is 7.05 Å². The summed E-state index contributed by atoms with van der Waals surface area (Å²) in [6, 6.07) is 5.85. The smallest absolute Gasteiger partial charge is 0.207 e. The van der Waals surface area contributed by atoms with Gasteiger partial charge in [-0.3, -0.25) is 0 Å². The van der Waals surface area contributed by atoms with Gasteiger partial charge in [0.2, 0.25) is 5.95 Å². The minimum atomic E-state index is 0.699. The zero-order chi connectivity index (χ0) is 10.8. The van der Waals surface area contributed by atoms with Gasteiger partial charge in [0.1, 0.15) is 0 Å². The molecule has 1 N–H and O–H groups in total. The fourth-order valence-electron chi connectivity index (χ4n) is 1.20. The van der Waals surface area contributed by atoms with Crippen molar-refractivity contribution in [3.63, 3.8) is 0 Å². The van der Waals surface area contributed by atoms with Gasteiger partial charge in [-0.15, -0.1) is 0 Å². The van der Waals surface area contributed by atoms with E-state index >= 15 is 0 Å². The molecule has 1 aromatic carbocycles. The Morgan fingerprint density at radius 1 is 1.47 bits per heavy atom. The molecule has 2 rings (SSSR count). The Kier molecular flexibility index (Phi) is 3.16. The third kappa shape index (κ3) is 2.43. The van der Waals surface area contributed by atoms with Crippen LogP contribution >= 0.6 is 34.2 Å². The van der Waals surface area contributed by atoms with E-state index in [1.54, 1.807) is 6.20 Å². The highest BCUT2D eigenvalue weighted by Crippen LogP contribution is 2.26. The molecular formula is C10H9ClIN3. The standard InChI is InChI=1S/C10H9ClIN3/c1-15-5-4-13-10(15)14-9-3-2-7(12)6-8(9)11/h2-6H,1H3,(H,13,14). The van der Waals surface area contributed by atoms with Crippen LogP contribution in [0.15, 0.2) is 30.6 Å². The summed E-state index contributed by atoms with van der Waals surface area (Å²) < 4.78 is 3.01. The molecule has 0 saturated carbocycles. The van der Waals surface area contributed by atoms with Gasteiger partial charge in [0, 0.05) is 23.0 Å². The largest absolute Gasteiger partial charge is 0.324 e. The van der Waals surface area contributed by atoms with Gasteiger partial charge in [0.25, 0.3) is 0 Å². The molecule has 0 saturated heterocycles. The van der Waals surface area contributed by atoms with Gasteiger partial charge in [-0.2, -0.15) is 0 Å². The van der Waals surface area contributed by atoms with Crippen LogP contribution < -0.4 is 5.32 Å². The number of halogens is 2. The second kappa shape index (κ2) is 4.40. The van der Waals surface area contributed by atoms with Crippen LogP contribution in [0.1, 0.15) is 0 Å². The number of hydrogen-bond acceptors (Lipinski definition) is 2. The lowest BCUT2D eigenvalue weighted by Gasteiger charge is -2.07. The predicted molar refractivity (Wildman–Crippen MR) is 70.7 cm³/mol. The zero-order valence-electron chi connectivity index (χ0n) is 8.04. The number of rotatable bonds is 2. The summed E-state index contributed by atoms with van der Waals surface area (Å²) in [6.07, 6.45) is 3.62. The molecule has 0 radical (unpaired) electrons. The summed E-state index contributed by atoms with van der Waals surface area (Å²) in [6.45, 7) is 0. The van der Waals surface area contributed by atoms with E-state index in [2.05, 4.69) is 32.9 Å². The Morgan fingerprint density at radius 3 is 2.87 bits per heavy atom. The number of aryl methyl sites for hydroxylation is 1. The maximum absolute atomic E-state index is 6.09. The fourth-order valence-corrected chi connectivity index (χ4v) is 2.10. The van der Waals surface area contributed by atoms with Gasteiger partial charge in [-0.1, -0.05) is 11.6 Å². The van der Waals surface area contributed by atoms with Crippen LogP contribution in [0, 0.1) is 3.57 Å². The molecule has 0 aliphatic rings. The summed E-state index contributed by atoms with van der Waals surface area (Å²) in [5, 5.41) is 3.86. The van der Waals surface area contributed by atoms with E-state index in [-0.39, 0.29) is 0 Å². The Hall–Kier alpha value is -0.750. The van der Waals surface area contributed by atoms with Crippen molar-refractivity contribution in [3.05, 3.63) is 39.2 Å². The van der Waals surface area contributed by atoms with E-state index in [0.29, 0.717) is 5.02 Å². The first kappa shape index (κ1) is 10.8. The van der Waals surface area contributed by atoms with Crippen molar-refractivity contribution in [2.45, 2.75) is 0 Å². The number of nitrogens with one attached hydrogen (secondary N) is 1. The highest BCUT2D eigenvalue weighted by atomic mass is 127. The van der Waals surface area contributed by atoms with Crippen LogP contribution in [0.25, 0.3) is 0 Å². The molecule has 0 fully saturated rings. The third-order valence-corrected chi connectivity index (χ3v) is 2.98. The van der Waals surface area contributed by atoms with Gasteiger partial charge in [0.05, 0.1) is 10.7 Å². The molecule has 2 aromatic rings. The first-order valence-electron chi connectivity index (χ1n) is 4.36. The first-order valence-corrected chi connectivity index (χ1v) is 5.82. The molecule has 0 amide bonds. The molecule has 0 unspecified atom stereocenters. The lowest BCUT2D eigenvalue weighted by Crippen LogP contribution is -1.98. The number of imidazole rings is 1. The van der Waals surface area contributed by atoms with Crippen LogP contribution in [0.4, 0.5) is 11.6 Å². The van der Waals surface area contributed by atoms with Crippen molar-refractivity contribution < 1.29 is 0 Å². The van der Waals surface area contributed by atoms with Crippen LogP contribution in [-0.4, -0.2) is 9.55 Å². The topological polar surface area (TPSA) is 29.9 Å². The summed E-state index contributed by atoms with van der Waals surface area (Å²) in [5.74, 6) is 0.776. The summed E-state index contributed by atoms with van der Waals surface area (Å²) >= 11 is 8.32. The minimum absolute atomic E-state index is 0.699. The summed E-state index contributed by atoms with van der Waals surface area (Å²) in [4.78, 5) is 4.17. The van der Waals surface area contributed by atoms with Crippen molar-refractivity contribution in [3.8, 4) is 0 Å². The van der Waals surface area contributed by atoms with Crippen LogP contribution in [0.3, 0.4) is 0 Å². The quantitative estimate of drug-likeness (QED) is 0.854. The van der Waals surface area contributed by atoms with Crippen molar-refractivity contribution in [1.29, 1.82) is 0 Å². The highest BCUT2D eigenvalue weighted by Gasteiger charge is 2.03. The molecule has 78 valence electrons. The molecule has 0 aliphatic heterocycles. The number of aromatic nitrogens is 2. The van der Waals surface area contributed by atoms with E-state index in [0.717, 1.165) is 15.2 Å². The van der Waals surface area contributed by atoms with E-state index in [9.17, 15) is 0 Å². The lowest BCUT2D eigenvalue weighted by molar-refractivity contribution is 0.924. The van der Waals surface area contributed by atoms with Gasteiger partial charge in [-0.25, -0.2) is 4.98 Å². The molecular weight excluding hydrogens is 324 g/mol. The number of nitrogens with zero attached hydrogens (tertiary/aromatic N) is 2. The van der Waals surface area contributed by atoms with Gasteiger partial charge >= 0.3 is 0 Å². The second-order valence-corrected chi connectivity index (χ2v) is 4.76. The third-order valence-electron chi connectivity index (χ3n) is 2.00. The number of hydrogen-bond donors (Lipinski definition) is 1. The molecule has 15 heavy (non-hydrogen) atoms. The molecule has 0 bridgehead atoms. The van der Waals surface area contributed by atoms with Crippen molar-refractivity contribution in [1.82, 2.24) is 9.55 Å². The first-order chi connectivity index (χ1) is 7.16. The van der Waals surface area contributed by atoms with Gasteiger partial charge in [0.15, 0.2) is 0 Å². The van der Waals surface area contributed by atoms with Crippen LogP contribution in [0.2, 0.25) is 5.02 Å². The Morgan fingerprint density at radius 2 is 2.27 bits per heavy atom. The average Bonchev–Trinajstić information content (AvgIpc) is 2.57. The molecule has 1 aromatic heterocycles. The van der Waals surface area contributed by atoms with Gasteiger partial charge < -0.3 is 9.88 Å². The molecule has 1 heterocycles. The number of benzene rings is 1. The number of anilines is 2. The molecule has 5 heteroatoms. The molecule has 3 nitrogen and oxygen atoms in total. The van der Waals surface area contributed by atoms with E-state index < -0.39 is 0 Å². The van der Waals surface area contributed by atoms with E-state index in [1.807, 2.05) is 36.0 Å². The Labute approximate surface area is 107 Å². The highest BCUT2D eigenvalue weighted by molar-refractivity contribution is 14.1. The maximum atomic E-state index is 6.09. The Bertz CT molecular complexity index is 481. The van der Waals surface area contributed by atoms with Crippen LogP contribution in [0.5, 0.6) is 0 Å². The molecule has 0 aliphatic carbocycles. The summed E-state index contributed by atoms with van der Waals surface area (Å²) in [5.41, 5.74) is 0.867. The van der Waals surface area contributed by atoms with E-state index in [4.69, 9.17) is 11.6 Å². The molecule has 0 spiro atoms. The average molecular weight is 334 g/mol.